The smallest absolute Gasteiger partial charge is 0.321 e. The van der Waals surface area contributed by atoms with Gasteiger partial charge in [0.1, 0.15) is 17.3 Å². The van der Waals surface area contributed by atoms with Crippen molar-refractivity contribution in [2.24, 2.45) is 5.41 Å². The second kappa shape index (κ2) is 7.40. The number of anilines is 1. The van der Waals surface area contributed by atoms with Gasteiger partial charge >= 0.3 is 5.97 Å². The third kappa shape index (κ3) is 2.98. The Kier molecular flexibility index (Phi) is 5.00. The van der Waals surface area contributed by atoms with E-state index in [1.807, 2.05) is 0 Å². The monoisotopic (exact) mass is 480 g/mol. The number of fused-ring (bicyclic) bond motifs is 2. The predicted octanol–water partition coefficient (Wildman–Crippen LogP) is 4.67. The van der Waals surface area contributed by atoms with Crippen LogP contribution in [-0.4, -0.2) is 35.7 Å². The number of halogens is 4. The molecule has 2 aromatic carbocycles. The van der Waals surface area contributed by atoms with E-state index < -0.39 is 53.2 Å². The van der Waals surface area contributed by atoms with Gasteiger partial charge in [-0.15, -0.1) is 0 Å². The third-order valence-corrected chi connectivity index (χ3v) is 7.79. The van der Waals surface area contributed by atoms with E-state index in [-0.39, 0.29) is 17.0 Å². The van der Waals surface area contributed by atoms with Gasteiger partial charge in [0.05, 0.1) is 11.7 Å². The first-order valence-corrected chi connectivity index (χ1v) is 11.1. The van der Waals surface area contributed by atoms with Gasteiger partial charge in [0.15, 0.2) is 0 Å². The summed E-state index contributed by atoms with van der Waals surface area (Å²) in [5.41, 5.74) is -1.09. The van der Waals surface area contributed by atoms with Crippen LogP contribution in [0.15, 0.2) is 36.4 Å². The number of carbonyl (C=O) groups is 2. The Morgan fingerprint density at radius 3 is 2.62 bits per heavy atom. The Balaban J connectivity index is 1.77. The highest BCUT2D eigenvalue weighted by atomic mass is 35.5. The van der Waals surface area contributed by atoms with E-state index in [9.17, 15) is 19.1 Å². The number of carboxylic acids is 1. The zero-order valence-electron chi connectivity index (χ0n) is 16.8. The maximum Gasteiger partial charge on any atom is 0.321 e. The Morgan fingerprint density at radius 2 is 1.97 bits per heavy atom. The standard InChI is InChI=1S/C23H20Cl2F2N2O3/c24-11-4-5-13-15(8-11)28-21(32)23(13)16(9-22(10-26)6-7-22)29-19(20(30)31)17(23)12-2-1-3-14(25)18(12)27/h1-5,8,16-17,19,29H,6-7,9-10H2,(H,28,32)(H,30,31). The first-order valence-electron chi connectivity index (χ1n) is 10.3. The van der Waals surface area contributed by atoms with Crippen LogP contribution in [0.2, 0.25) is 10.0 Å². The van der Waals surface area contributed by atoms with Crippen LogP contribution in [0.1, 0.15) is 36.3 Å². The summed E-state index contributed by atoms with van der Waals surface area (Å²) in [6, 6.07) is 7.20. The SMILES string of the molecule is O=C(O)C1NC(CC2(CF)CC2)C2(C(=O)Nc3cc(Cl)ccc32)C1c1cccc(Cl)c1F. The van der Waals surface area contributed by atoms with Crippen molar-refractivity contribution in [3.8, 4) is 0 Å². The third-order valence-electron chi connectivity index (χ3n) is 7.27. The quantitative estimate of drug-likeness (QED) is 0.580. The summed E-state index contributed by atoms with van der Waals surface area (Å²) in [6.07, 6.45) is 1.56. The maximum absolute atomic E-state index is 15.3. The van der Waals surface area contributed by atoms with Crippen LogP contribution < -0.4 is 10.6 Å². The van der Waals surface area contributed by atoms with E-state index in [1.54, 1.807) is 18.2 Å². The minimum atomic E-state index is -1.47. The molecular formula is C23H20Cl2F2N2O3. The molecule has 0 radical (unpaired) electrons. The van der Waals surface area contributed by atoms with Crippen LogP contribution in [0.3, 0.4) is 0 Å². The van der Waals surface area contributed by atoms with Gasteiger partial charge in [-0.1, -0.05) is 41.4 Å². The second-order valence-corrected chi connectivity index (χ2v) is 9.85. The lowest BCUT2D eigenvalue weighted by Crippen LogP contribution is -2.49. The second-order valence-electron chi connectivity index (χ2n) is 9.01. The summed E-state index contributed by atoms with van der Waals surface area (Å²) in [5, 5.41) is 16.2. The molecule has 1 aliphatic carbocycles. The number of nitrogens with one attached hydrogen (secondary N) is 2. The predicted molar refractivity (Wildman–Crippen MR) is 117 cm³/mol. The van der Waals surface area contributed by atoms with E-state index in [0.717, 1.165) is 0 Å². The van der Waals surface area contributed by atoms with Crippen molar-refractivity contribution in [1.82, 2.24) is 5.32 Å². The summed E-state index contributed by atoms with van der Waals surface area (Å²) in [4.78, 5) is 26.0. The van der Waals surface area contributed by atoms with E-state index in [2.05, 4.69) is 10.6 Å². The van der Waals surface area contributed by atoms with Gasteiger partial charge in [0.2, 0.25) is 5.91 Å². The number of rotatable bonds is 5. The molecule has 5 rings (SSSR count). The Hall–Kier alpha value is -2.22. The van der Waals surface area contributed by atoms with Gasteiger partial charge in [-0.2, -0.15) is 0 Å². The van der Waals surface area contributed by atoms with Crippen LogP contribution in [0.5, 0.6) is 0 Å². The van der Waals surface area contributed by atoms with Gasteiger partial charge in [-0.3, -0.25) is 19.3 Å². The van der Waals surface area contributed by atoms with Crippen molar-refractivity contribution in [2.45, 2.75) is 42.7 Å². The molecule has 1 saturated carbocycles. The molecule has 1 spiro atoms. The molecule has 4 unspecified atom stereocenters. The summed E-state index contributed by atoms with van der Waals surface area (Å²) in [7, 11) is 0. The molecule has 32 heavy (non-hydrogen) atoms. The van der Waals surface area contributed by atoms with E-state index >= 15 is 4.39 Å². The van der Waals surface area contributed by atoms with Crippen molar-refractivity contribution < 1.29 is 23.5 Å². The number of aliphatic carboxylic acids is 1. The molecule has 0 bridgehead atoms. The summed E-state index contributed by atoms with van der Waals surface area (Å²) in [5.74, 6) is -3.57. The molecular weight excluding hydrogens is 461 g/mol. The lowest BCUT2D eigenvalue weighted by Gasteiger charge is -2.36. The van der Waals surface area contributed by atoms with Crippen molar-refractivity contribution in [3.63, 3.8) is 0 Å². The van der Waals surface area contributed by atoms with E-state index in [0.29, 0.717) is 29.1 Å². The van der Waals surface area contributed by atoms with Crippen LogP contribution >= 0.6 is 23.2 Å². The lowest BCUT2D eigenvalue weighted by molar-refractivity contribution is -0.139. The van der Waals surface area contributed by atoms with Gasteiger partial charge in [0.25, 0.3) is 0 Å². The average molecular weight is 481 g/mol. The minimum Gasteiger partial charge on any atom is -0.480 e. The van der Waals surface area contributed by atoms with E-state index in [4.69, 9.17) is 23.2 Å². The summed E-state index contributed by atoms with van der Waals surface area (Å²) in [6.45, 7) is -0.565. The fraction of sp³-hybridized carbons (Fsp3) is 0.391. The van der Waals surface area contributed by atoms with Gasteiger partial charge in [0, 0.05) is 28.1 Å². The number of carbonyl (C=O) groups excluding carboxylic acids is 1. The molecule has 5 nitrogen and oxygen atoms in total. The van der Waals surface area contributed by atoms with Gasteiger partial charge in [-0.25, -0.2) is 4.39 Å². The molecule has 2 fully saturated rings. The number of amides is 1. The van der Waals surface area contributed by atoms with Crippen molar-refractivity contribution in [1.29, 1.82) is 0 Å². The number of benzene rings is 2. The van der Waals surface area contributed by atoms with E-state index in [1.165, 1.54) is 18.2 Å². The zero-order valence-corrected chi connectivity index (χ0v) is 18.3. The topological polar surface area (TPSA) is 78.4 Å². The normalized spacial score (nSPS) is 29.8. The highest BCUT2D eigenvalue weighted by Crippen LogP contribution is 2.60. The van der Waals surface area contributed by atoms with Crippen LogP contribution in [0, 0.1) is 11.2 Å². The van der Waals surface area contributed by atoms with Gasteiger partial charge < -0.3 is 10.4 Å². The molecule has 168 valence electrons. The summed E-state index contributed by atoms with van der Waals surface area (Å²) < 4.78 is 29.1. The number of carboxylic acid groups (broad SMARTS) is 1. The molecule has 4 atom stereocenters. The first kappa shape index (κ1) is 21.6. The maximum atomic E-state index is 15.3. The lowest BCUT2D eigenvalue weighted by atomic mass is 9.63. The average Bonchev–Trinajstić information content (AvgIpc) is 3.36. The molecule has 0 aromatic heterocycles. The molecule has 3 N–H and O–H groups in total. The van der Waals surface area contributed by atoms with Crippen LogP contribution in [-0.2, 0) is 15.0 Å². The Labute approximate surface area is 193 Å². The summed E-state index contributed by atoms with van der Waals surface area (Å²) >= 11 is 12.2. The molecule has 2 aliphatic heterocycles. The number of hydrogen-bond donors (Lipinski definition) is 3. The Bertz CT molecular complexity index is 1140. The Morgan fingerprint density at radius 1 is 1.22 bits per heavy atom. The highest BCUT2D eigenvalue weighted by molar-refractivity contribution is 6.31. The number of hydrogen-bond acceptors (Lipinski definition) is 3. The van der Waals surface area contributed by atoms with Crippen molar-refractivity contribution in [3.05, 3.63) is 63.4 Å². The highest BCUT2D eigenvalue weighted by Gasteiger charge is 2.67. The molecule has 1 amide bonds. The number of alkyl halides is 1. The molecule has 2 aromatic rings. The minimum absolute atomic E-state index is 0.0305. The fourth-order valence-electron chi connectivity index (χ4n) is 5.53. The van der Waals surface area contributed by atoms with Crippen LogP contribution in [0.4, 0.5) is 14.5 Å². The largest absolute Gasteiger partial charge is 0.480 e. The van der Waals surface area contributed by atoms with Gasteiger partial charge in [-0.05, 0) is 48.6 Å². The molecule has 3 aliphatic rings. The fourth-order valence-corrected chi connectivity index (χ4v) is 5.88. The van der Waals surface area contributed by atoms with Crippen molar-refractivity contribution in [2.75, 3.05) is 12.0 Å². The molecule has 1 saturated heterocycles. The first-order chi connectivity index (χ1) is 15.2. The molecule has 2 heterocycles. The van der Waals surface area contributed by atoms with Crippen LogP contribution in [0.25, 0.3) is 0 Å². The zero-order chi connectivity index (χ0) is 22.8. The molecule has 9 heteroatoms. The van der Waals surface area contributed by atoms with Crippen molar-refractivity contribution >= 4 is 40.8 Å².